The number of amides is 1. The molecule has 0 aromatic heterocycles. The smallest absolute Gasteiger partial charge is 0.289 e. The second-order valence-electron chi connectivity index (χ2n) is 6.53. The third-order valence-electron chi connectivity index (χ3n) is 4.63. The number of benzene rings is 2. The molecule has 1 heterocycles. The lowest BCUT2D eigenvalue weighted by atomic mass is 10.3. The van der Waals surface area contributed by atoms with Gasteiger partial charge in [-0.3, -0.25) is 14.9 Å². The van der Waals surface area contributed by atoms with Gasteiger partial charge in [0.25, 0.3) is 11.6 Å². The number of carbonyl (C=O) groups is 1. The SMILES string of the molecule is CC(Oc1ccccc1)C(=O)N1CCN(S(=O)(=O)c2ccccc2[N+](=O)[O-])CC1. The number of piperazine rings is 1. The summed E-state index contributed by atoms with van der Waals surface area (Å²) in [5, 5.41) is 11.2. The van der Waals surface area contributed by atoms with Gasteiger partial charge in [0, 0.05) is 32.2 Å². The van der Waals surface area contributed by atoms with Crippen LogP contribution in [0.5, 0.6) is 5.75 Å². The Morgan fingerprint density at radius 1 is 1.03 bits per heavy atom. The molecule has 1 amide bonds. The Labute approximate surface area is 168 Å². The molecule has 2 aromatic rings. The second kappa shape index (κ2) is 8.58. The van der Waals surface area contributed by atoms with Crippen LogP contribution in [0.1, 0.15) is 6.92 Å². The molecule has 0 bridgehead atoms. The molecule has 1 aliphatic rings. The highest BCUT2D eigenvalue weighted by Crippen LogP contribution is 2.27. The summed E-state index contributed by atoms with van der Waals surface area (Å²) in [6, 6.07) is 14.2. The van der Waals surface area contributed by atoms with Gasteiger partial charge >= 0.3 is 0 Å². The number of rotatable bonds is 6. The van der Waals surface area contributed by atoms with Crippen LogP contribution in [0.3, 0.4) is 0 Å². The van der Waals surface area contributed by atoms with Gasteiger partial charge in [0.1, 0.15) is 5.75 Å². The van der Waals surface area contributed by atoms with Crippen LogP contribution in [0.15, 0.2) is 59.5 Å². The predicted molar refractivity (Wildman–Crippen MR) is 105 cm³/mol. The Hall–Kier alpha value is -2.98. The topological polar surface area (TPSA) is 110 Å². The number of nitrogens with zero attached hydrogens (tertiary/aromatic N) is 3. The van der Waals surface area contributed by atoms with Gasteiger partial charge in [0.15, 0.2) is 11.0 Å². The summed E-state index contributed by atoms with van der Waals surface area (Å²) in [6.45, 7) is 2.12. The van der Waals surface area contributed by atoms with Crippen LogP contribution in [-0.2, 0) is 14.8 Å². The van der Waals surface area contributed by atoms with Crippen molar-refractivity contribution in [1.82, 2.24) is 9.21 Å². The Morgan fingerprint density at radius 3 is 2.24 bits per heavy atom. The molecule has 0 spiro atoms. The maximum absolute atomic E-state index is 12.9. The molecule has 0 N–H and O–H groups in total. The van der Waals surface area contributed by atoms with Crippen molar-refractivity contribution in [1.29, 1.82) is 0 Å². The lowest BCUT2D eigenvalue weighted by molar-refractivity contribution is -0.387. The van der Waals surface area contributed by atoms with Gasteiger partial charge in [-0.1, -0.05) is 30.3 Å². The first-order valence-electron chi connectivity index (χ1n) is 9.05. The third-order valence-corrected chi connectivity index (χ3v) is 6.58. The second-order valence-corrected chi connectivity index (χ2v) is 8.43. The maximum atomic E-state index is 12.9. The molecule has 2 aromatic carbocycles. The summed E-state index contributed by atoms with van der Waals surface area (Å²) in [5.74, 6) is 0.336. The van der Waals surface area contributed by atoms with E-state index < -0.39 is 26.7 Å². The molecule has 1 aliphatic heterocycles. The number of carbonyl (C=O) groups excluding carboxylic acids is 1. The highest BCUT2D eigenvalue weighted by molar-refractivity contribution is 7.89. The molecule has 9 nitrogen and oxygen atoms in total. The van der Waals surface area contributed by atoms with E-state index in [1.54, 1.807) is 36.1 Å². The van der Waals surface area contributed by atoms with E-state index >= 15 is 0 Å². The van der Waals surface area contributed by atoms with E-state index in [2.05, 4.69) is 0 Å². The molecule has 0 saturated carbocycles. The van der Waals surface area contributed by atoms with E-state index in [0.29, 0.717) is 5.75 Å². The van der Waals surface area contributed by atoms with Gasteiger partial charge in [-0.25, -0.2) is 8.42 Å². The van der Waals surface area contributed by atoms with Gasteiger partial charge in [0.2, 0.25) is 10.0 Å². The van der Waals surface area contributed by atoms with Crippen molar-refractivity contribution in [2.24, 2.45) is 0 Å². The summed E-state index contributed by atoms with van der Waals surface area (Å²) in [4.78, 5) is 24.3. The minimum atomic E-state index is -4.03. The Kier molecular flexibility index (Phi) is 6.14. The van der Waals surface area contributed by atoms with E-state index in [1.165, 1.54) is 22.5 Å². The standard InChI is InChI=1S/C19H21N3O6S/c1-15(28-16-7-3-2-4-8-16)19(23)20-11-13-21(14-12-20)29(26,27)18-10-6-5-9-17(18)22(24)25/h2-10,15H,11-14H2,1H3. The average Bonchev–Trinajstić information content (AvgIpc) is 2.74. The lowest BCUT2D eigenvalue weighted by Gasteiger charge is -2.35. The highest BCUT2D eigenvalue weighted by Gasteiger charge is 2.35. The van der Waals surface area contributed by atoms with Crippen molar-refractivity contribution in [2.75, 3.05) is 26.2 Å². The quantitative estimate of drug-likeness (QED) is 0.522. The van der Waals surface area contributed by atoms with E-state index in [-0.39, 0.29) is 37.0 Å². The lowest BCUT2D eigenvalue weighted by Crippen LogP contribution is -2.53. The van der Waals surface area contributed by atoms with Crippen LogP contribution >= 0.6 is 0 Å². The largest absolute Gasteiger partial charge is 0.481 e. The van der Waals surface area contributed by atoms with Gasteiger partial charge in [-0.2, -0.15) is 4.31 Å². The maximum Gasteiger partial charge on any atom is 0.289 e. The van der Waals surface area contributed by atoms with Crippen LogP contribution < -0.4 is 4.74 Å². The van der Waals surface area contributed by atoms with Crippen LogP contribution in [0.25, 0.3) is 0 Å². The van der Waals surface area contributed by atoms with E-state index in [0.717, 1.165) is 6.07 Å². The molecule has 10 heteroatoms. The first-order valence-corrected chi connectivity index (χ1v) is 10.5. The molecule has 0 radical (unpaired) electrons. The minimum absolute atomic E-state index is 0.0537. The van der Waals surface area contributed by atoms with Crippen molar-refractivity contribution in [3.05, 3.63) is 64.7 Å². The van der Waals surface area contributed by atoms with E-state index in [1.807, 2.05) is 6.07 Å². The summed E-state index contributed by atoms with van der Waals surface area (Å²) in [6.07, 6.45) is -0.712. The zero-order valence-corrected chi connectivity index (χ0v) is 16.6. The zero-order valence-electron chi connectivity index (χ0n) is 15.8. The Morgan fingerprint density at radius 2 is 1.62 bits per heavy atom. The minimum Gasteiger partial charge on any atom is -0.481 e. The molecule has 1 fully saturated rings. The van der Waals surface area contributed by atoms with Crippen LogP contribution in [0, 0.1) is 10.1 Å². The number of para-hydroxylation sites is 2. The number of nitro benzene ring substituents is 1. The summed E-state index contributed by atoms with van der Waals surface area (Å²) >= 11 is 0. The van der Waals surface area contributed by atoms with Crippen molar-refractivity contribution < 1.29 is 22.9 Å². The third kappa shape index (κ3) is 4.54. The highest BCUT2D eigenvalue weighted by atomic mass is 32.2. The molecule has 1 unspecified atom stereocenters. The molecule has 154 valence electrons. The Bertz CT molecular complexity index is 988. The number of hydrogen-bond acceptors (Lipinski definition) is 6. The molecule has 1 atom stereocenters. The molecule has 3 rings (SSSR count). The number of nitro groups is 1. The first-order chi connectivity index (χ1) is 13.8. The molecular formula is C19H21N3O6S. The zero-order chi connectivity index (χ0) is 21.0. The predicted octanol–water partition coefficient (Wildman–Crippen LogP) is 1.90. The number of hydrogen-bond donors (Lipinski definition) is 0. The average molecular weight is 419 g/mol. The first kappa shape index (κ1) is 20.7. The monoisotopic (exact) mass is 419 g/mol. The Balaban J connectivity index is 1.65. The summed E-state index contributed by atoms with van der Waals surface area (Å²) in [7, 11) is -4.03. The fourth-order valence-electron chi connectivity index (χ4n) is 3.12. The van der Waals surface area contributed by atoms with Crippen LogP contribution in [-0.4, -0.2) is 60.7 Å². The van der Waals surface area contributed by atoms with Gasteiger partial charge in [-0.15, -0.1) is 0 Å². The fraction of sp³-hybridized carbons (Fsp3) is 0.316. The number of sulfonamides is 1. The van der Waals surface area contributed by atoms with E-state index in [9.17, 15) is 23.3 Å². The van der Waals surface area contributed by atoms with Gasteiger partial charge in [-0.05, 0) is 25.1 Å². The van der Waals surface area contributed by atoms with Crippen molar-refractivity contribution in [2.45, 2.75) is 17.9 Å². The van der Waals surface area contributed by atoms with Gasteiger partial charge < -0.3 is 9.64 Å². The fourth-order valence-corrected chi connectivity index (χ4v) is 4.70. The van der Waals surface area contributed by atoms with Crippen molar-refractivity contribution in [3.8, 4) is 5.75 Å². The van der Waals surface area contributed by atoms with Crippen molar-refractivity contribution in [3.63, 3.8) is 0 Å². The molecule has 29 heavy (non-hydrogen) atoms. The molecule has 0 aliphatic carbocycles. The molecule has 1 saturated heterocycles. The molecular weight excluding hydrogens is 398 g/mol. The van der Waals surface area contributed by atoms with E-state index in [4.69, 9.17) is 4.74 Å². The number of ether oxygens (including phenoxy) is 1. The summed E-state index contributed by atoms with van der Waals surface area (Å²) in [5.41, 5.74) is -0.462. The summed E-state index contributed by atoms with van der Waals surface area (Å²) < 4.78 is 32.5. The van der Waals surface area contributed by atoms with Crippen LogP contribution in [0.2, 0.25) is 0 Å². The van der Waals surface area contributed by atoms with Crippen LogP contribution in [0.4, 0.5) is 5.69 Å². The normalized spacial score (nSPS) is 16.2. The van der Waals surface area contributed by atoms with Crippen molar-refractivity contribution >= 4 is 21.6 Å². The van der Waals surface area contributed by atoms with Gasteiger partial charge in [0.05, 0.1) is 4.92 Å².